The maximum Gasteiger partial charge on any atom is 0.254 e. The molecule has 0 bridgehead atoms. The Labute approximate surface area is 127 Å². The molecular weight excluding hydrogens is 318 g/mol. The normalized spacial score (nSPS) is 15.0. The molecule has 0 spiro atoms. The Kier molecular flexibility index (Phi) is 4.39. The molecule has 0 aromatic heterocycles. The molecule has 1 aliphatic rings. The maximum atomic E-state index is 14.2. The minimum Gasteiger partial charge on any atom is -0.495 e. The average Bonchev–Trinajstić information content (AvgIpc) is 3.24. The van der Waals surface area contributed by atoms with Gasteiger partial charge in [0.15, 0.2) is 16.5 Å². The lowest BCUT2D eigenvalue weighted by molar-refractivity contribution is 0.0945. The molecule has 0 radical (unpaired) electrons. The maximum absolute atomic E-state index is 14.2. The molecular formula is C13H16F2N2O4S. The molecule has 0 heterocycles. The van der Waals surface area contributed by atoms with Gasteiger partial charge >= 0.3 is 0 Å². The van der Waals surface area contributed by atoms with Crippen LogP contribution in [0.25, 0.3) is 0 Å². The van der Waals surface area contributed by atoms with Crippen molar-refractivity contribution in [1.29, 1.82) is 0 Å². The third-order valence-corrected chi connectivity index (χ3v) is 5.10. The Morgan fingerprint density at radius 1 is 1.32 bits per heavy atom. The summed E-state index contributed by atoms with van der Waals surface area (Å²) in [5, 5.41) is 2.51. The van der Waals surface area contributed by atoms with E-state index in [0.717, 1.165) is 30.3 Å². The van der Waals surface area contributed by atoms with Gasteiger partial charge in [-0.3, -0.25) is 4.79 Å². The molecule has 122 valence electrons. The van der Waals surface area contributed by atoms with Gasteiger partial charge in [0, 0.05) is 20.1 Å². The van der Waals surface area contributed by atoms with Crippen molar-refractivity contribution >= 4 is 15.9 Å². The monoisotopic (exact) mass is 334 g/mol. The molecule has 1 aromatic carbocycles. The summed E-state index contributed by atoms with van der Waals surface area (Å²) in [5.41, 5.74) is -0.584. The summed E-state index contributed by atoms with van der Waals surface area (Å²) < 4.78 is 58.1. The van der Waals surface area contributed by atoms with Crippen LogP contribution >= 0.6 is 0 Å². The number of carbonyl (C=O) groups excluding carboxylic acids is 1. The second-order valence-electron chi connectivity index (χ2n) is 5.12. The number of halogens is 2. The number of ether oxygens (including phenoxy) is 1. The molecule has 9 heteroatoms. The number of benzene rings is 1. The van der Waals surface area contributed by atoms with E-state index >= 15 is 0 Å². The predicted octanol–water partition coefficient (Wildman–Crippen LogP) is 1.12. The summed E-state index contributed by atoms with van der Waals surface area (Å²) in [4.78, 5) is 11.0. The first-order valence-electron chi connectivity index (χ1n) is 6.49. The average molecular weight is 334 g/mol. The fourth-order valence-corrected chi connectivity index (χ4v) is 2.89. The minimum absolute atomic E-state index is 0.0499. The minimum atomic E-state index is -4.26. The van der Waals surface area contributed by atoms with Crippen LogP contribution in [-0.2, 0) is 10.0 Å². The van der Waals surface area contributed by atoms with E-state index in [9.17, 15) is 22.0 Å². The fraction of sp³-hybridized carbons (Fsp3) is 0.462. The molecule has 1 amide bonds. The Bertz CT molecular complexity index is 715. The highest BCUT2D eigenvalue weighted by Gasteiger charge is 2.33. The topological polar surface area (TPSA) is 75.7 Å². The zero-order chi connectivity index (χ0) is 16.7. The molecule has 0 saturated heterocycles. The number of methoxy groups -OCH3 is 1. The quantitative estimate of drug-likeness (QED) is 0.875. The standard InChI is InChI=1S/C13H16F2N2O4S/c1-17(2)22(19,20)12-9(21-3)6-8(10(14)11(12)15)13(18)16-7-4-5-7/h6-7H,4-5H2,1-3H3,(H,16,18). The van der Waals surface area contributed by atoms with Gasteiger partial charge in [-0.1, -0.05) is 0 Å². The predicted molar refractivity (Wildman–Crippen MR) is 74.3 cm³/mol. The molecule has 1 fully saturated rings. The first kappa shape index (κ1) is 16.6. The Balaban J connectivity index is 2.58. The van der Waals surface area contributed by atoms with Crippen molar-refractivity contribution < 1.29 is 26.7 Å². The van der Waals surface area contributed by atoms with E-state index in [2.05, 4.69) is 5.32 Å². The van der Waals surface area contributed by atoms with Gasteiger partial charge < -0.3 is 10.1 Å². The van der Waals surface area contributed by atoms with Crippen LogP contribution in [0.3, 0.4) is 0 Å². The summed E-state index contributed by atoms with van der Waals surface area (Å²) in [5.74, 6) is -4.37. The summed E-state index contributed by atoms with van der Waals surface area (Å²) in [6, 6.07) is 0.845. The highest BCUT2D eigenvalue weighted by molar-refractivity contribution is 7.89. The van der Waals surface area contributed by atoms with Crippen LogP contribution in [0.15, 0.2) is 11.0 Å². The van der Waals surface area contributed by atoms with Gasteiger partial charge in [0.05, 0.1) is 12.7 Å². The first-order chi connectivity index (χ1) is 10.2. The van der Waals surface area contributed by atoms with Gasteiger partial charge in [0.1, 0.15) is 5.75 Å². The van der Waals surface area contributed by atoms with E-state index in [0.29, 0.717) is 0 Å². The number of carbonyl (C=O) groups is 1. The molecule has 1 saturated carbocycles. The number of nitrogens with one attached hydrogen (secondary N) is 1. The Morgan fingerprint density at radius 2 is 1.91 bits per heavy atom. The van der Waals surface area contributed by atoms with Crippen LogP contribution < -0.4 is 10.1 Å². The highest BCUT2D eigenvalue weighted by atomic mass is 32.2. The van der Waals surface area contributed by atoms with Gasteiger partial charge in [0.2, 0.25) is 10.0 Å². The van der Waals surface area contributed by atoms with Crippen LogP contribution in [0.1, 0.15) is 23.2 Å². The Morgan fingerprint density at radius 3 is 2.36 bits per heavy atom. The van der Waals surface area contributed by atoms with Crippen molar-refractivity contribution in [3.05, 3.63) is 23.3 Å². The molecule has 1 aliphatic carbocycles. The van der Waals surface area contributed by atoms with Crippen molar-refractivity contribution in [3.63, 3.8) is 0 Å². The number of amides is 1. The molecule has 1 N–H and O–H groups in total. The fourth-order valence-electron chi connectivity index (χ4n) is 1.82. The summed E-state index contributed by atoms with van der Waals surface area (Å²) in [6.45, 7) is 0. The largest absolute Gasteiger partial charge is 0.495 e. The lowest BCUT2D eigenvalue weighted by atomic mass is 10.1. The van der Waals surface area contributed by atoms with Gasteiger partial charge in [-0.15, -0.1) is 0 Å². The number of hydrogen-bond acceptors (Lipinski definition) is 4. The van der Waals surface area contributed by atoms with Crippen LogP contribution in [0, 0.1) is 11.6 Å². The highest BCUT2D eigenvalue weighted by Crippen LogP contribution is 2.32. The van der Waals surface area contributed by atoms with Gasteiger partial charge in [-0.2, -0.15) is 0 Å². The molecule has 0 aliphatic heterocycles. The molecule has 0 unspecified atom stereocenters. The van der Waals surface area contributed by atoms with Crippen LogP contribution in [0.4, 0.5) is 8.78 Å². The van der Waals surface area contributed by atoms with E-state index in [-0.39, 0.29) is 6.04 Å². The van der Waals surface area contributed by atoms with Crippen molar-refractivity contribution in [3.8, 4) is 5.75 Å². The van der Waals surface area contributed by atoms with Crippen LogP contribution in [0.5, 0.6) is 5.75 Å². The van der Waals surface area contributed by atoms with Crippen molar-refractivity contribution in [1.82, 2.24) is 9.62 Å². The van der Waals surface area contributed by atoms with E-state index < -0.39 is 43.8 Å². The van der Waals surface area contributed by atoms with Crippen LogP contribution in [-0.4, -0.2) is 45.9 Å². The number of sulfonamides is 1. The summed E-state index contributed by atoms with van der Waals surface area (Å²) in [7, 11) is -0.789. The molecule has 0 atom stereocenters. The smallest absolute Gasteiger partial charge is 0.254 e. The molecule has 22 heavy (non-hydrogen) atoms. The second-order valence-corrected chi connectivity index (χ2v) is 7.21. The number of nitrogens with zero attached hydrogens (tertiary/aromatic N) is 1. The zero-order valence-electron chi connectivity index (χ0n) is 12.3. The van der Waals surface area contributed by atoms with E-state index in [4.69, 9.17) is 4.74 Å². The van der Waals surface area contributed by atoms with E-state index in [1.165, 1.54) is 14.1 Å². The van der Waals surface area contributed by atoms with E-state index in [1.54, 1.807) is 0 Å². The van der Waals surface area contributed by atoms with Crippen molar-refractivity contribution in [2.45, 2.75) is 23.8 Å². The summed E-state index contributed by atoms with van der Waals surface area (Å²) in [6.07, 6.45) is 1.56. The lowest BCUT2D eigenvalue weighted by Gasteiger charge is -2.17. The third kappa shape index (κ3) is 2.91. The van der Waals surface area contributed by atoms with Gasteiger partial charge in [0.25, 0.3) is 5.91 Å². The number of hydrogen-bond donors (Lipinski definition) is 1. The first-order valence-corrected chi connectivity index (χ1v) is 7.93. The van der Waals surface area contributed by atoms with Crippen molar-refractivity contribution in [2.24, 2.45) is 0 Å². The second kappa shape index (κ2) is 5.81. The molecule has 1 aromatic rings. The lowest BCUT2D eigenvalue weighted by Crippen LogP contribution is -2.28. The third-order valence-electron chi connectivity index (χ3n) is 3.24. The van der Waals surface area contributed by atoms with Crippen LogP contribution in [0.2, 0.25) is 0 Å². The SMILES string of the molecule is COc1cc(C(=O)NC2CC2)c(F)c(F)c1S(=O)(=O)N(C)C. The zero-order valence-corrected chi connectivity index (χ0v) is 13.1. The van der Waals surface area contributed by atoms with E-state index in [1.807, 2.05) is 0 Å². The summed E-state index contributed by atoms with van der Waals surface area (Å²) >= 11 is 0. The van der Waals surface area contributed by atoms with Crippen molar-refractivity contribution in [2.75, 3.05) is 21.2 Å². The van der Waals surface area contributed by atoms with Gasteiger partial charge in [-0.25, -0.2) is 21.5 Å². The number of rotatable bonds is 5. The Hall–Kier alpha value is -1.74. The van der Waals surface area contributed by atoms with Gasteiger partial charge in [-0.05, 0) is 18.9 Å². The molecule has 2 rings (SSSR count). The molecule has 6 nitrogen and oxygen atoms in total.